The standard InChI is InChI=1S/C17H19N5O2/c1-3-24-15(23)9-12(2)21-16-14-10-20-22(17(14)19-11-18-16)13-7-5-4-6-8-13/h4-8,10-12H,3,9H2,1-2H3,(H,18,19,21). The Bertz CT molecular complexity index is 831. The normalized spacial score (nSPS) is 12.1. The molecule has 24 heavy (non-hydrogen) atoms. The van der Waals surface area contributed by atoms with E-state index in [1.165, 1.54) is 6.33 Å². The van der Waals surface area contributed by atoms with Crippen LogP contribution in [0, 0.1) is 0 Å². The number of anilines is 1. The minimum absolute atomic E-state index is 0.109. The Morgan fingerprint density at radius 1 is 1.29 bits per heavy atom. The third-order valence-corrected chi connectivity index (χ3v) is 3.53. The summed E-state index contributed by atoms with van der Waals surface area (Å²) in [6.07, 6.45) is 3.48. The summed E-state index contributed by atoms with van der Waals surface area (Å²) < 4.78 is 6.73. The van der Waals surface area contributed by atoms with Crippen molar-refractivity contribution in [2.75, 3.05) is 11.9 Å². The predicted molar refractivity (Wildman–Crippen MR) is 91.0 cm³/mol. The van der Waals surface area contributed by atoms with E-state index in [-0.39, 0.29) is 18.4 Å². The van der Waals surface area contributed by atoms with Gasteiger partial charge in [0.25, 0.3) is 0 Å². The minimum atomic E-state index is -0.234. The molecule has 1 atom stereocenters. The van der Waals surface area contributed by atoms with Crippen LogP contribution in [0.5, 0.6) is 0 Å². The van der Waals surface area contributed by atoms with Gasteiger partial charge in [-0.2, -0.15) is 5.10 Å². The number of benzene rings is 1. The molecule has 3 aromatic rings. The molecule has 1 unspecified atom stereocenters. The number of nitrogens with zero attached hydrogens (tertiary/aromatic N) is 4. The zero-order valence-electron chi connectivity index (χ0n) is 13.6. The van der Waals surface area contributed by atoms with E-state index in [4.69, 9.17) is 4.74 Å². The summed E-state index contributed by atoms with van der Waals surface area (Å²) >= 11 is 0. The Balaban J connectivity index is 1.85. The summed E-state index contributed by atoms with van der Waals surface area (Å²) in [6, 6.07) is 9.67. The highest BCUT2D eigenvalue weighted by Crippen LogP contribution is 2.22. The number of hydrogen-bond donors (Lipinski definition) is 1. The third kappa shape index (κ3) is 3.34. The van der Waals surface area contributed by atoms with Crippen molar-refractivity contribution in [1.82, 2.24) is 19.7 Å². The first kappa shape index (κ1) is 15.9. The van der Waals surface area contributed by atoms with Gasteiger partial charge in [0.05, 0.1) is 30.3 Å². The van der Waals surface area contributed by atoms with Crippen LogP contribution in [-0.2, 0) is 9.53 Å². The molecule has 2 aromatic heterocycles. The maximum absolute atomic E-state index is 11.6. The molecule has 7 heteroatoms. The Kier molecular flexibility index (Phi) is 4.69. The number of nitrogens with one attached hydrogen (secondary N) is 1. The molecule has 0 aliphatic carbocycles. The number of rotatable bonds is 6. The average molecular weight is 325 g/mol. The fourth-order valence-electron chi connectivity index (χ4n) is 2.47. The number of esters is 1. The van der Waals surface area contributed by atoms with Gasteiger partial charge in [-0.1, -0.05) is 18.2 Å². The number of carbonyl (C=O) groups excluding carboxylic acids is 1. The zero-order valence-corrected chi connectivity index (χ0v) is 13.6. The van der Waals surface area contributed by atoms with E-state index in [0.717, 1.165) is 11.1 Å². The van der Waals surface area contributed by atoms with Crippen molar-refractivity contribution in [3.8, 4) is 5.69 Å². The molecule has 0 saturated carbocycles. The Morgan fingerprint density at radius 3 is 2.83 bits per heavy atom. The lowest BCUT2D eigenvalue weighted by Crippen LogP contribution is -2.21. The van der Waals surface area contributed by atoms with E-state index in [1.807, 2.05) is 37.3 Å². The third-order valence-electron chi connectivity index (χ3n) is 3.53. The van der Waals surface area contributed by atoms with Crippen LogP contribution in [-0.4, -0.2) is 38.4 Å². The molecular weight excluding hydrogens is 306 g/mol. The summed E-state index contributed by atoms with van der Waals surface area (Å²) in [5, 5.41) is 8.44. The number of aromatic nitrogens is 4. The molecule has 0 saturated heterocycles. The first-order chi connectivity index (χ1) is 11.7. The lowest BCUT2D eigenvalue weighted by Gasteiger charge is -2.14. The van der Waals surface area contributed by atoms with E-state index in [2.05, 4.69) is 20.4 Å². The van der Waals surface area contributed by atoms with E-state index in [1.54, 1.807) is 17.8 Å². The van der Waals surface area contributed by atoms with Crippen LogP contribution >= 0.6 is 0 Å². The van der Waals surface area contributed by atoms with Gasteiger partial charge in [-0.05, 0) is 26.0 Å². The van der Waals surface area contributed by atoms with Crippen molar-refractivity contribution in [2.24, 2.45) is 0 Å². The highest BCUT2D eigenvalue weighted by molar-refractivity contribution is 5.87. The van der Waals surface area contributed by atoms with Crippen molar-refractivity contribution in [1.29, 1.82) is 0 Å². The topological polar surface area (TPSA) is 81.9 Å². The van der Waals surface area contributed by atoms with Crippen LogP contribution in [0.1, 0.15) is 20.3 Å². The first-order valence-electron chi connectivity index (χ1n) is 7.85. The largest absolute Gasteiger partial charge is 0.466 e. The van der Waals surface area contributed by atoms with Gasteiger partial charge in [-0.25, -0.2) is 14.6 Å². The molecule has 124 valence electrons. The summed E-state index contributed by atoms with van der Waals surface area (Å²) in [7, 11) is 0. The molecule has 7 nitrogen and oxygen atoms in total. The van der Waals surface area contributed by atoms with E-state index >= 15 is 0 Å². The van der Waals surface area contributed by atoms with Gasteiger partial charge in [0.2, 0.25) is 0 Å². The summed E-state index contributed by atoms with van der Waals surface area (Å²) in [5.41, 5.74) is 1.64. The number of fused-ring (bicyclic) bond motifs is 1. The highest BCUT2D eigenvalue weighted by Gasteiger charge is 2.15. The zero-order chi connectivity index (χ0) is 16.9. The van der Waals surface area contributed by atoms with Gasteiger partial charge in [-0.15, -0.1) is 0 Å². The fraction of sp³-hybridized carbons (Fsp3) is 0.294. The maximum Gasteiger partial charge on any atom is 0.307 e. The first-order valence-corrected chi connectivity index (χ1v) is 7.85. The van der Waals surface area contributed by atoms with Crippen LogP contribution in [0.3, 0.4) is 0 Å². The summed E-state index contributed by atoms with van der Waals surface area (Å²) in [5.74, 6) is 0.418. The number of ether oxygens (including phenoxy) is 1. The summed E-state index contributed by atoms with van der Waals surface area (Å²) in [4.78, 5) is 20.2. The van der Waals surface area contributed by atoms with Crippen LogP contribution in [0.15, 0.2) is 42.9 Å². The SMILES string of the molecule is CCOC(=O)CC(C)Nc1ncnc2c1cnn2-c1ccccc1. The minimum Gasteiger partial charge on any atom is -0.466 e. The second kappa shape index (κ2) is 7.08. The monoisotopic (exact) mass is 325 g/mol. The maximum atomic E-state index is 11.6. The quantitative estimate of drug-likeness (QED) is 0.702. The predicted octanol–water partition coefficient (Wildman–Crippen LogP) is 2.57. The van der Waals surface area contributed by atoms with Crippen LogP contribution in [0.4, 0.5) is 5.82 Å². The molecule has 0 aliphatic rings. The molecule has 0 spiro atoms. The second-order valence-corrected chi connectivity index (χ2v) is 5.41. The molecular formula is C17H19N5O2. The van der Waals surface area contributed by atoms with E-state index in [0.29, 0.717) is 18.1 Å². The smallest absolute Gasteiger partial charge is 0.307 e. The van der Waals surface area contributed by atoms with Crippen molar-refractivity contribution in [3.63, 3.8) is 0 Å². The summed E-state index contributed by atoms with van der Waals surface area (Å²) in [6.45, 7) is 4.08. The van der Waals surface area contributed by atoms with E-state index in [9.17, 15) is 4.79 Å². The average Bonchev–Trinajstić information content (AvgIpc) is 3.01. The molecule has 0 fully saturated rings. The van der Waals surface area contributed by atoms with Gasteiger partial charge >= 0.3 is 5.97 Å². The lowest BCUT2D eigenvalue weighted by atomic mass is 10.2. The van der Waals surface area contributed by atoms with Crippen molar-refractivity contribution in [2.45, 2.75) is 26.3 Å². The van der Waals surface area contributed by atoms with Crippen LogP contribution in [0.25, 0.3) is 16.7 Å². The van der Waals surface area contributed by atoms with Gasteiger partial charge in [0.1, 0.15) is 12.1 Å². The number of para-hydroxylation sites is 1. The lowest BCUT2D eigenvalue weighted by molar-refractivity contribution is -0.143. The van der Waals surface area contributed by atoms with Gasteiger partial charge in [-0.3, -0.25) is 4.79 Å². The van der Waals surface area contributed by atoms with Gasteiger partial charge < -0.3 is 10.1 Å². The van der Waals surface area contributed by atoms with Crippen LogP contribution in [0.2, 0.25) is 0 Å². The highest BCUT2D eigenvalue weighted by atomic mass is 16.5. The Labute approximate surface area is 139 Å². The van der Waals surface area contributed by atoms with Gasteiger partial charge in [0.15, 0.2) is 5.65 Å². The molecule has 0 aliphatic heterocycles. The van der Waals surface area contributed by atoms with Crippen molar-refractivity contribution >= 4 is 22.8 Å². The van der Waals surface area contributed by atoms with E-state index < -0.39 is 0 Å². The molecule has 2 heterocycles. The molecule has 0 amide bonds. The number of carbonyl (C=O) groups is 1. The molecule has 1 aromatic carbocycles. The molecule has 0 bridgehead atoms. The van der Waals surface area contributed by atoms with Crippen molar-refractivity contribution < 1.29 is 9.53 Å². The van der Waals surface area contributed by atoms with Crippen molar-refractivity contribution in [3.05, 3.63) is 42.9 Å². The number of hydrogen-bond acceptors (Lipinski definition) is 6. The Hall–Kier alpha value is -2.96. The Morgan fingerprint density at radius 2 is 2.08 bits per heavy atom. The second-order valence-electron chi connectivity index (χ2n) is 5.41. The molecule has 3 rings (SSSR count). The molecule has 1 N–H and O–H groups in total. The fourth-order valence-corrected chi connectivity index (χ4v) is 2.47. The molecule has 0 radical (unpaired) electrons. The van der Waals surface area contributed by atoms with Crippen LogP contribution < -0.4 is 5.32 Å². The van der Waals surface area contributed by atoms with Gasteiger partial charge in [0, 0.05) is 6.04 Å².